The van der Waals surface area contributed by atoms with E-state index >= 15 is 17.6 Å². The molecule has 0 saturated carbocycles. The zero-order chi connectivity index (χ0) is 34.0. The summed E-state index contributed by atoms with van der Waals surface area (Å²) < 4.78 is 77.7. The summed E-state index contributed by atoms with van der Waals surface area (Å²) in [4.78, 5) is 0. The zero-order valence-corrected chi connectivity index (χ0v) is 27.9. The quantitative estimate of drug-likeness (QED) is 0.0704. The van der Waals surface area contributed by atoms with Crippen LogP contribution in [0.25, 0.3) is 23.3 Å². The number of methoxy groups -OCH3 is 1. The SMILES string of the molecule is CCCCCCCCOc1ccc(/C(F)=C(\F)c2cc(OC)c(/C(F)=C(\F)c3ccc(OCCCCCCCC)cc3)cc2O)cc1. The van der Waals surface area contributed by atoms with Crippen molar-refractivity contribution in [3.63, 3.8) is 0 Å². The van der Waals surface area contributed by atoms with E-state index in [9.17, 15) is 5.11 Å². The minimum Gasteiger partial charge on any atom is -0.507 e. The van der Waals surface area contributed by atoms with E-state index in [0.717, 1.165) is 50.7 Å². The lowest BCUT2D eigenvalue weighted by atomic mass is 10.0. The minimum atomic E-state index is -1.38. The highest BCUT2D eigenvalue weighted by Crippen LogP contribution is 2.42. The van der Waals surface area contributed by atoms with Crippen LogP contribution in [-0.4, -0.2) is 25.4 Å². The number of phenols is 1. The molecule has 0 aliphatic rings. The van der Waals surface area contributed by atoms with Crippen molar-refractivity contribution in [3.05, 3.63) is 82.9 Å². The van der Waals surface area contributed by atoms with Gasteiger partial charge in [-0.3, -0.25) is 0 Å². The Bertz CT molecular complexity index is 1430. The van der Waals surface area contributed by atoms with E-state index in [1.807, 2.05) is 0 Å². The number of hydrogen-bond acceptors (Lipinski definition) is 4. The van der Waals surface area contributed by atoms with Gasteiger partial charge in [0.25, 0.3) is 0 Å². The molecule has 47 heavy (non-hydrogen) atoms. The molecule has 3 rings (SSSR count). The van der Waals surface area contributed by atoms with E-state index in [4.69, 9.17) is 14.2 Å². The zero-order valence-electron chi connectivity index (χ0n) is 27.9. The highest BCUT2D eigenvalue weighted by atomic mass is 19.2. The molecule has 4 nitrogen and oxygen atoms in total. The van der Waals surface area contributed by atoms with Gasteiger partial charge in [0.1, 0.15) is 23.0 Å². The van der Waals surface area contributed by atoms with Gasteiger partial charge in [0.15, 0.2) is 23.3 Å². The second-order valence-electron chi connectivity index (χ2n) is 11.6. The molecule has 0 aromatic heterocycles. The Hall–Kier alpha value is -3.94. The van der Waals surface area contributed by atoms with Gasteiger partial charge in [0.2, 0.25) is 0 Å². The van der Waals surface area contributed by atoms with Crippen LogP contribution in [0.4, 0.5) is 17.6 Å². The van der Waals surface area contributed by atoms with Gasteiger partial charge in [-0.15, -0.1) is 0 Å². The van der Waals surface area contributed by atoms with Crippen molar-refractivity contribution in [2.24, 2.45) is 0 Å². The van der Waals surface area contributed by atoms with E-state index in [1.165, 1.54) is 69.9 Å². The van der Waals surface area contributed by atoms with Crippen molar-refractivity contribution in [3.8, 4) is 23.0 Å². The minimum absolute atomic E-state index is 0.0587. The first kappa shape index (κ1) is 37.5. The summed E-state index contributed by atoms with van der Waals surface area (Å²) in [5.74, 6) is -5.16. The molecular formula is C39H48F4O4. The maximum absolute atomic E-state index is 15.4. The fourth-order valence-electron chi connectivity index (χ4n) is 5.11. The Morgan fingerprint density at radius 3 is 1.36 bits per heavy atom. The Balaban J connectivity index is 1.68. The number of benzene rings is 3. The summed E-state index contributed by atoms with van der Waals surface area (Å²) in [5, 5.41) is 10.6. The lowest BCUT2D eigenvalue weighted by Gasteiger charge is -2.13. The van der Waals surface area contributed by atoms with E-state index in [1.54, 1.807) is 24.3 Å². The van der Waals surface area contributed by atoms with Crippen molar-refractivity contribution in [1.29, 1.82) is 0 Å². The van der Waals surface area contributed by atoms with Gasteiger partial charge in [0, 0.05) is 11.1 Å². The van der Waals surface area contributed by atoms with Crippen molar-refractivity contribution in [1.82, 2.24) is 0 Å². The molecule has 0 bridgehead atoms. The molecule has 0 unspecified atom stereocenters. The molecule has 8 heteroatoms. The van der Waals surface area contributed by atoms with Gasteiger partial charge < -0.3 is 19.3 Å². The maximum atomic E-state index is 15.4. The standard InChI is InChI=1S/C39H48F4O4/c1-4-6-8-10-12-14-24-46-30-20-16-28(17-21-30)36(40)38(42)32-27-35(45-3)33(26-34(32)44)39(43)37(41)29-18-22-31(23-19-29)47-25-15-13-11-9-7-5-2/h16-23,26-27,44H,4-15,24-25H2,1-3H3/b38-36+,39-37+. The van der Waals surface area contributed by atoms with Gasteiger partial charge in [-0.05, 0) is 73.5 Å². The average molecular weight is 657 g/mol. The first-order chi connectivity index (χ1) is 22.8. The van der Waals surface area contributed by atoms with Crippen molar-refractivity contribution in [2.75, 3.05) is 20.3 Å². The van der Waals surface area contributed by atoms with E-state index in [-0.39, 0.29) is 16.9 Å². The molecule has 0 fully saturated rings. The predicted molar refractivity (Wildman–Crippen MR) is 183 cm³/mol. The topological polar surface area (TPSA) is 47.9 Å². The van der Waals surface area contributed by atoms with Crippen LogP contribution >= 0.6 is 0 Å². The van der Waals surface area contributed by atoms with Gasteiger partial charge in [-0.1, -0.05) is 78.1 Å². The van der Waals surface area contributed by atoms with Crippen molar-refractivity contribution < 1.29 is 36.9 Å². The second kappa shape index (κ2) is 20.3. The summed E-state index contributed by atoms with van der Waals surface area (Å²) in [5.41, 5.74) is -1.15. The number of halogens is 4. The molecule has 0 saturated heterocycles. The molecule has 0 radical (unpaired) electrons. The van der Waals surface area contributed by atoms with Gasteiger partial charge in [-0.2, -0.15) is 0 Å². The van der Waals surface area contributed by atoms with Crippen LogP contribution in [0.2, 0.25) is 0 Å². The van der Waals surface area contributed by atoms with Crippen molar-refractivity contribution >= 4 is 23.3 Å². The fraction of sp³-hybridized carbons (Fsp3) is 0.436. The number of hydrogen-bond donors (Lipinski definition) is 1. The summed E-state index contributed by atoms with van der Waals surface area (Å²) in [7, 11) is 1.18. The Kier molecular flexibility index (Phi) is 16.2. The fourth-order valence-corrected chi connectivity index (χ4v) is 5.11. The molecule has 0 amide bonds. The molecule has 3 aromatic carbocycles. The molecule has 3 aromatic rings. The van der Waals surface area contributed by atoms with Crippen LogP contribution in [0.3, 0.4) is 0 Å². The largest absolute Gasteiger partial charge is 0.507 e. The monoisotopic (exact) mass is 656 g/mol. The first-order valence-corrected chi connectivity index (χ1v) is 16.8. The summed E-state index contributed by atoms with van der Waals surface area (Å²) in [6, 6.07) is 13.4. The number of rotatable bonds is 21. The number of ether oxygens (including phenoxy) is 3. The van der Waals surface area contributed by atoms with E-state index in [0.29, 0.717) is 24.7 Å². The third-order valence-corrected chi connectivity index (χ3v) is 7.92. The molecule has 0 aliphatic carbocycles. The van der Waals surface area contributed by atoms with Crippen LogP contribution in [-0.2, 0) is 0 Å². The highest BCUT2D eigenvalue weighted by Gasteiger charge is 2.22. The predicted octanol–water partition coefficient (Wildman–Crippen LogP) is 12.4. The third kappa shape index (κ3) is 11.7. The lowest BCUT2D eigenvalue weighted by molar-refractivity contribution is 0.304. The van der Waals surface area contributed by atoms with E-state index in [2.05, 4.69) is 13.8 Å². The summed E-state index contributed by atoms with van der Waals surface area (Å²) in [6.45, 7) is 5.40. The molecule has 0 aliphatic heterocycles. The number of phenolic OH excluding ortho intramolecular Hbond substituents is 1. The highest BCUT2D eigenvalue weighted by molar-refractivity contribution is 5.89. The molecule has 256 valence electrons. The first-order valence-electron chi connectivity index (χ1n) is 16.8. The average Bonchev–Trinajstić information content (AvgIpc) is 3.10. The van der Waals surface area contributed by atoms with Crippen LogP contribution in [0.15, 0.2) is 60.7 Å². The normalized spacial score (nSPS) is 12.4. The Morgan fingerprint density at radius 2 is 0.936 bits per heavy atom. The smallest absolute Gasteiger partial charge is 0.170 e. The Morgan fingerprint density at radius 1 is 0.532 bits per heavy atom. The van der Waals surface area contributed by atoms with E-state index < -0.39 is 40.2 Å². The maximum Gasteiger partial charge on any atom is 0.170 e. The van der Waals surface area contributed by atoms with Crippen molar-refractivity contribution in [2.45, 2.75) is 90.9 Å². The lowest BCUT2D eigenvalue weighted by Crippen LogP contribution is -1.97. The number of unbranched alkanes of at least 4 members (excludes halogenated alkanes) is 10. The molecule has 0 heterocycles. The third-order valence-electron chi connectivity index (χ3n) is 7.92. The molecular weight excluding hydrogens is 608 g/mol. The molecule has 0 spiro atoms. The number of aromatic hydroxyl groups is 1. The van der Waals surface area contributed by atoms with Crippen LogP contribution < -0.4 is 14.2 Å². The summed E-state index contributed by atoms with van der Waals surface area (Å²) in [6.07, 6.45) is 13.5. The van der Waals surface area contributed by atoms with Gasteiger partial charge in [0.05, 0.1) is 31.5 Å². The van der Waals surface area contributed by atoms with Gasteiger partial charge >= 0.3 is 0 Å². The molecule has 0 atom stereocenters. The van der Waals surface area contributed by atoms with Crippen LogP contribution in [0, 0.1) is 0 Å². The summed E-state index contributed by atoms with van der Waals surface area (Å²) >= 11 is 0. The second-order valence-corrected chi connectivity index (χ2v) is 11.6. The van der Waals surface area contributed by atoms with Crippen LogP contribution in [0.1, 0.15) is 113 Å². The Labute approximate surface area is 277 Å². The van der Waals surface area contributed by atoms with Gasteiger partial charge in [-0.25, -0.2) is 17.6 Å². The molecule has 1 N–H and O–H groups in total. The van der Waals surface area contributed by atoms with Crippen LogP contribution in [0.5, 0.6) is 23.0 Å².